The molecule has 1 fully saturated rings. The summed E-state index contributed by atoms with van der Waals surface area (Å²) in [6.45, 7) is 2.47. The van der Waals surface area contributed by atoms with Crippen LogP contribution in [0.1, 0.15) is 34.3 Å². The average molecular weight is 460 g/mol. The number of halogens is 1. The maximum Gasteiger partial charge on any atom is 0.326 e. The van der Waals surface area contributed by atoms with Gasteiger partial charge in [-0.3, -0.25) is 4.79 Å². The highest BCUT2D eigenvalue weighted by Gasteiger charge is 2.44. The molecule has 5 nitrogen and oxygen atoms in total. The van der Waals surface area contributed by atoms with Crippen LogP contribution in [0.25, 0.3) is 11.1 Å². The molecule has 5 rings (SSSR count). The van der Waals surface area contributed by atoms with E-state index in [-0.39, 0.29) is 11.3 Å². The number of hydrogen-bond donors (Lipinski definition) is 2. The highest BCUT2D eigenvalue weighted by Crippen LogP contribution is 2.46. The van der Waals surface area contributed by atoms with Crippen LogP contribution in [-0.2, 0) is 12.0 Å². The first kappa shape index (κ1) is 22.0. The topological polar surface area (TPSA) is 75.8 Å². The molecule has 2 aliphatic heterocycles. The number of benzene rings is 3. The first-order valence-electron chi connectivity index (χ1n) is 11.2. The summed E-state index contributed by atoms with van der Waals surface area (Å²) in [7, 11) is 1.06. The minimum absolute atomic E-state index is 0.0201. The molecular formula is C26H25BClN2O3. The quantitative estimate of drug-likeness (QED) is 0.587. The summed E-state index contributed by atoms with van der Waals surface area (Å²) in [5.41, 5.74) is 11.1. The Kier molecular flexibility index (Phi) is 5.91. The van der Waals surface area contributed by atoms with E-state index in [4.69, 9.17) is 22.1 Å². The Labute approximate surface area is 199 Å². The number of likely N-dealkylation sites (tertiary alicyclic amines) is 1. The van der Waals surface area contributed by atoms with Crippen LogP contribution in [-0.4, -0.2) is 43.0 Å². The zero-order chi connectivity index (χ0) is 23.0. The van der Waals surface area contributed by atoms with Crippen molar-refractivity contribution in [2.24, 2.45) is 5.73 Å². The van der Waals surface area contributed by atoms with Gasteiger partial charge in [-0.15, -0.1) is 0 Å². The SMILES string of the molecule is NCc1ccc2c(c1)C1(CCN(C(=O)c3cc(Cl)cc(-c4cccc([B]O)c4)c3)CC1)CO2. The summed E-state index contributed by atoms with van der Waals surface area (Å²) in [5, 5.41) is 9.84. The number of amides is 1. The molecule has 3 aromatic carbocycles. The van der Waals surface area contributed by atoms with Gasteiger partial charge in [0.05, 0.1) is 6.61 Å². The largest absolute Gasteiger partial charge is 0.492 e. The summed E-state index contributed by atoms with van der Waals surface area (Å²) >= 11 is 6.39. The molecule has 33 heavy (non-hydrogen) atoms. The molecule has 167 valence electrons. The van der Waals surface area contributed by atoms with Crippen LogP contribution in [0, 0.1) is 0 Å². The summed E-state index contributed by atoms with van der Waals surface area (Å²) in [6.07, 6.45) is 1.70. The molecule has 1 radical (unpaired) electrons. The smallest absolute Gasteiger partial charge is 0.326 e. The summed E-state index contributed by atoms with van der Waals surface area (Å²) < 4.78 is 5.99. The molecule has 0 saturated carbocycles. The maximum atomic E-state index is 13.4. The van der Waals surface area contributed by atoms with Gasteiger partial charge in [-0.05, 0) is 53.8 Å². The van der Waals surface area contributed by atoms with Gasteiger partial charge >= 0.3 is 7.48 Å². The third-order valence-corrected chi connectivity index (χ3v) is 7.09. The van der Waals surface area contributed by atoms with Crippen LogP contribution < -0.4 is 15.9 Å². The van der Waals surface area contributed by atoms with E-state index in [2.05, 4.69) is 6.07 Å². The third-order valence-electron chi connectivity index (χ3n) is 6.88. The molecule has 0 unspecified atom stereocenters. The van der Waals surface area contributed by atoms with Gasteiger partial charge in [0.2, 0.25) is 0 Å². The molecule has 0 atom stereocenters. The zero-order valence-electron chi connectivity index (χ0n) is 18.3. The van der Waals surface area contributed by atoms with E-state index in [0.717, 1.165) is 42.8 Å². The van der Waals surface area contributed by atoms with Gasteiger partial charge < -0.3 is 20.4 Å². The van der Waals surface area contributed by atoms with Gasteiger partial charge in [0.25, 0.3) is 5.91 Å². The third kappa shape index (κ3) is 4.15. The van der Waals surface area contributed by atoms with Crippen LogP contribution in [0.15, 0.2) is 60.7 Å². The van der Waals surface area contributed by atoms with Crippen LogP contribution >= 0.6 is 11.6 Å². The predicted octanol–water partition coefficient (Wildman–Crippen LogP) is 3.27. The average Bonchev–Trinajstić information content (AvgIpc) is 3.20. The lowest BCUT2D eigenvalue weighted by Crippen LogP contribution is -2.46. The van der Waals surface area contributed by atoms with E-state index >= 15 is 0 Å². The predicted molar refractivity (Wildman–Crippen MR) is 131 cm³/mol. The zero-order valence-corrected chi connectivity index (χ0v) is 19.0. The highest BCUT2D eigenvalue weighted by molar-refractivity contribution is 6.45. The summed E-state index contributed by atoms with van der Waals surface area (Å²) in [5.74, 6) is 0.919. The van der Waals surface area contributed by atoms with Crippen molar-refractivity contribution in [3.05, 3.63) is 82.4 Å². The molecule has 3 aromatic rings. The fraction of sp³-hybridized carbons (Fsp3) is 0.269. The Balaban J connectivity index is 1.36. The number of piperidine rings is 1. The molecule has 0 aliphatic carbocycles. The molecule has 0 bridgehead atoms. The van der Waals surface area contributed by atoms with E-state index in [9.17, 15) is 9.82 Å². The van der Waals surface area contributed by atoms with Crippen molar-refractivity contribution in [3.63, 3.8) is 0 Å². The first-order valence-corrected chi connectivity index (χ1v) is 11.5. The van der Waals surface area contributed by atoms with Gasteiger partial charge in [-0.25, -0.2) is 0 Å². The van der Waals surface area contributed by atoms with E-state index in [1.807, 2.05) is 53.4 Å². The van der Waals surface area contributed by atoms with Crippen LogP contribution in [0.5, 0.6) is 5.75 Å². The number of nitrogens with two attached hydrogens (primary N) is 1. The molecule has 0 aromatic heterocycles. The number of ether oxygens (including phenoxy) is 1. The summed E-state index contributed by atoms with van der Waals surface area (Å²) in [6, 6.07) is 19.1. The molecule has 1 amide bonds. The summed E-state index contributed by atoms with van der Waals surface area (Å²) in [4.78, 5) is 15.3. The van der Waals surface area contributed by atoms with E-state index in [0.29, 0.717) is 42.3 Å². The lowest BCUT2D eigenvalue weighted by molar-refractivity contribution is 0.0646. The minimum Gasteiger partial charge on any atom is -0.492 e. The Morgan fingerprint density at radius 2 is 1.91 bits per heavy atom. The van der Waals surface area contributed by atoms with Crippen molar-refractivity contribution in [3.8, 4) is 16.9 Å². The number of nitrogens with zero attached hydrogens (tertiary/aromatic N) is 1. The van der Waals surface area contributed by atoms with E-state index in [1.165, 1.54) is 5.56 Å². The molecule has 3 N–H and O–H groups in total. The Morgan fingerprint density at radius 1 is 1.09 bits per heavy atom. The van der Waals surface area contributed by atoms with Gasteiger partial charge in [0.1, 0.15) is 5.75 Å². The van der Waals surface area contributed by atoms with Crippen molar-refractivity contribution >= 4 is 30.5 Å². The van der Waals surface area contributed by atoms with Gasteiger partial charge in [0, 0.05) is 41.2 Å². The van der Waals surface area contributed by atoms with Gasteiger partial charge in [0.15, 0.2) is 0 Å². The second kappa shape index (κ2) is 8.86. The Bertz CT molecular complexity index is 1210. The Hall–Kier alpha value is -2.80. The van der Waals surface area contributed by atoms with Crippen LogP contribution in [0.4, 0.5) is 0 Å². The van der Waals surface area contributed by atoms with Crippen molar-refractivity contribution in [1.82, 2.24) is 4.90 Å². The number of fused-ring (bicyclic) bond motifs is 2. The second-order valence-corrected chi connectivity index (χ2v) is 9.32. The van der Waals surface area contributed by atoms with Crippen LogP contribution in [0.2, 0.25) is 5.02 Å². The van der Waals surface area contributed by atoms with Crippen molar-refractivity contribution in [2.45, 2.75) is 24.8 Å². The number of carbonyl (C=O) groups excluding carboxylic acids is 1. The highest BCUT2D eigenvalue weighted by atomic mass is 35.5. The van der Waals surface area contributed by atoms with E-state index in [1.54, 1.807) is 6.07 Å². The fourth-order valence-electron chi connectivity index (χ4n) is 4.95. The first-order chi connectivity index (χ1) is 16.0. The Morgan fingerprint density at radius 3 is 2.67 bits per heavy atom. The molecule has 1 spiro atoms. The molecular weight excluding hydrogens is 435 g/mol. The van der Waals surface area contributed by atoms with Crippen LogP contribution in [0.3, 0.4) is 0 Å². The lowest BCUT2D eigenvalue weighted by atomic mass is 9.74. The minimum atomic E-state index is -0.0575. The van der Waals surface area contributed by atoms with Gasteiger partial charge in [-0.2, -0.15) is 0 Å². The maximum absolute atomic E-state index is 13.4. The lowest BCUT2D eigenvalue weighted by Gasteiger charge is -2.38. The molecule has 1 saturated heterocycles. The fourth-order valence-corrected chi connectivity index (χ4v) is 5.19. The van der Waals surface area contributed by atoms with E-state index < -0.39 is 0 Å². The monoisotopic (exact) mass is 459 g/mol. The number of hydrogen-bond acceptors (Lipinski definition) is 4. The molecule has 7 heteroatoms. The van der Waals surface area contributed by atoms with Crippen molar-refractivity contribution < 1.29 is 14.6 Å². The molecule has 2 heterocycles. The second-order valence-electron chi connectivity index (χ2n) is 8.88. The standard InChI is InChI=1S/C26H25BClN2O3/c28-22-13-19(18-2-1-3-21(12-18)27-32)11-20(14-22)25(31)30-8-6-26(7-9-30)16-33-24-5-4-17(15-29)10-23(24)26/h1-5,10-14,32H,6-9,15-16,29H2. The van der Waals surface area contributed by atoms with Crippen molar-refractivity contribution in [2.75, 3.05) is 19.7 Å². The molecule has 2 aliphatic rings. The number of carbonyl (C=O) groups is 1. The normalized spacial score (nSPS) is 16.4. The van der Waals surface area contributed by atoms with Crippen molar-refractivity contribution in [1.29, 1.82) is 0 Å². The number of rotatable bonds is 4. The van der Waals surface area contributed by atoms with Gasteiger partial charge in [-0.1, -0.05) is 53.5 Å².